The van der Waals surface area contributed by atoms with E-state index in [1.54, 1.807) is 38.4 Å². The predicted octanol–water partition coefficient (Wildman–Crippen LogP) is 2.96. The Hall–Kier alpha value is -3.78. The maximum Gasteiger partial charge on any atom is 0.279 e. The monoisotopic (exact) mass is 422 g/mol. The van der Waals surface area contributed by atoms with Crippen LogP contribution in [0.1, 0.15) is 17.3 Å². The van der Waals surface area contributed by atoms with Crippen molar-refractivity contribution in [3.05, 3.63) is 66.5 Å². The molecule has 8 heteroatoms. The third kappa shape index (κ3) is 5.64. The van der Waals surface area contributed by atoms with Crippen LogP contribution in [0.3, 0.4) is 0 Å². The third-order valence-corrected chi connectivity index (χ3v) is 4.47. The first kappa shape index (κ1) is 21.9. The minimum absolute atomic E-state index is 0.0615. The van der Waals surface area contributed by atoms with E-state index in [0.29, 0.717) is 17.2 Å². The van der Waals surface area contributed by atoms with Crippen LogP contribution in [0.5, 0.6) is 17.2 Å². The molecule has 0 fully saturated rings. The normalized spacial score (nSPS) is 12.8. The molecule has 3 rings (SSSR count). The van der Waals surface area contributed by atoms with Crippen LogP contribution in [0.2, 0.25) is 0 Å². The molecule has 1 unspecified atom stereocenters. The van der Waals surface area contributed by atoms with Crippen molar-refractivity contribution in [3.63, 3.8) is 0 Å². The quantitative estimate of drug-likeness (QED) is 0.380. The summed E-state index contributed by atoms with van der Waals surface area (Å²) in [6, 6.07) is 12.5. The van der Waals surface area contributed by atoms with Crippen molar-refractivity contribution in [2.75, 3.05) is 13.7 Å². The molecule has 4 N–H and O–H groups in total. The number of amides is 1. The molecule has 0 aliphatic rings. The lowest BCUT2D eigenvalue weighted by atomic mass is 10.2. The maximum absolute atomic E-state index is 12.6. The first-order chi connectivity index (χ1) is 14.9. The number of aromatic nitrogens is 1. The molecule has 0 aliphatic heterocycles. The highest BCUT2D eigenvalue weighted by Crippen LogP contribution is 2.30. The van der Waals surface area contributed by atoms with Crippen LogP contribution in [-0.4, -0.2) is 41.2 Å². The highest BCUT2D eigenvalue weighted by molar-refractivity contribution is 6.06. The fourth-order valence-electron chi connectivity index (χ4n) is 2.94. The smallest absolute Gasteiger partial charge is 0.279 e. The number of aliphatic hydroxyl groups is 1. The first-order valence-electron chi connectivity index (χ1n) is 9.77. The number of fused-ring (bicyclic) bond motifs is 1. The van der Waals surface area contributed by atoms with Gasteiger partial charge in [-0.3, -0.25) is 4.79 Å². The number of aryl methyl sites for hydroxylation is 1. The van der Waals surface area contributed by atoms with Gasteiger partial charge in [0.15, 0.2) is 0 Å². The van der Waals surface area contributed by atoms with Crippen molar-refractivity contribution in [1.29, 1.82) is 0 Å². The summed E-state index contributed by atoms with van der Waals surface area (Å²) < 4.78 is 13.7. The average Bonchev–Trinajstić information content (AvgIpc) is 3.12. The zero-order valence-corrected chi connectivity index (χ0v) is 17.7. The minimum Gasteiger partial charge on any atom is -0.488 e. The van der Waals surface area contributed by atoms with E-state index in [-0.39, 0.29) is 18.0 Å². The number of carbonyl (C=O) groups is 1. The zero-order chi connectivity index (χ0) is 22.4. The molecule has 3 aromatic rings. The van der Waals surface area contributed by atoms with Gasteiger partial charge in [-0.25, -0.2) is 0 Å². The van der Waals surface area contributed by atoms with E-state index in [0.717, 1.165) is 10.9 Å². The molecule has 1 aromatic heterocycles. The summed E-state index contributed by atoms with van der Waals surface area (Å²) in [5, 5.41) is 13.1. The number of nitrogens with one attached hydrogen (secondary N) is 1. The van der Waals surface area contributed by atoms with Gasteiger partial charge in [0.25, 0.3) is 5.91 Å². The number of rotatable bonds is 8. The Balaban J connectivity index is 1.93. The van der Waals surface area contributed by atoms with E-state index in [9.17, 15) is 9.90 Å². The summed E-state index contributed by atoms with van der Waals surface area (Å²) in [4.78, 5) is 16.5. The summed E-state index contributed by atoms with van der Waals surface area (Å²) in [5.74, 6) is 0.920. The summed E-state index contributed by atoms with van der Waals surface area (Å²) in [6.45, 7) is 1.55. The van der Waals surface area contributed by atoms with Crippen molar-refractivity contribution in [2.45, 2.75) is 13.0 Å². The largest absolute Gasteiger partial charge is 0.488 e. The summed E-state index contributed by atoms with van der Waals surface area (Å²) in [5.41, 5.74) is 7.09. The number of carbonyl (C=O) groups excluding carboxylic acids is 1. The summed E-state index contributed by atoms with van der Waals surface area (Å²) >= 11 is 0. The van der Waals surface area contributed by atoms with Crippen LogP contribution in [0.25, 0.3) is 10.9 Å². The SMILES string of the molecule is CN/C=C\C(N)=NC(=O)c1cc(Oc2ccc3c(ccn3C)c2)cc(OC(C)CO)c1. The van der Waals surface area contributed by atoms with Gasteiger partial charge in [-0.15, -0.1) is 0 Å². The van der Waals surface area contributed by atoms with Gasteiger partial charge in [-0.1, -0.05) is 0 Å². The molecule has 8 nitrogen and oxygen atoms in total. The van der Waals surface area contributed by atoms with Crippen LogP contribution < -0.4 is 20.5 Å². The topological polar surface area (TPSA) is 111 Å². The van der Waals surface area contributed by atoms with E-state index in [1.165, 1.54) is 6.08 Å². The molecule has 0 saturated heterocycles. The standard InChI is InChI=1S/C23H26N4O4/c1-15(14-28)30-19-11-17(23(29)26-22(24)6-8-25-2)12-20(13-19)31-18-4-5-21-16(10-18)7-9-27(21)3/h4-13,15,25,28H,14H2,1-3H3,(H2,24,26,29)/b8-6-. The molecule has 1 heterocycles. The Morgan fingerprint density at radius 1 is 1.23 bits per heavy atom. The van der Waals surface area contributed by atoms with E-state index in [2.05, 4.69) is 10.3 Å². The molecular weight excluding hydrogens is 396 g/mol. The molecule has 0 radical (unpaired) electrons. The number of nitrogens with zero attached hydrogens (tertiary/aromatic N) is 2. The van der Waals surface area contributed by atoms with Crippen molar-refractivity contribution >= 4 is 22.6 Å². The number of aliphatic hydroxyl groups excluding tert-OH is 1. The molecule has 0 spiro atoms. The van der Waals surface area contributed by atoms with Gasteiger partial charge in [0.1, 0.15) is 29.2 Å². The number of ether oxygens (including phenoxy) is 2. The maximum atomic E-state index is 12.6. The molecule has 0 aliphatic carbocycles. The van der Waals surface area contributed by atoms with Crippen LogP contribution in [0.15, 0.2) is 65.9 Å². The van der Waals surface area contributed by atoms with Gasteiger partial charge in [-0.2, -0.15) is 4.99 Å². The van der Waals surface area contributed by atoms with Crippen LogP contribution >= 0.6 is 0 Å². The fraction of sp³-hybridized carbons (Fsp3) is 0.217. The highest BCUT2D eigenvalue weighted by atomic mass is 16.5. The van der Waals surface area contributed by atoms with Crippen molar-refractivity contribution < 1.29 is 19.4 Å². The third-order valence-electron chi connectivity index (χ3n) is 4.47. The lowest BCUT2D eigenvalue weighted by Crippen LogP contribution is -2.16. The number of amidine groups is 1. The molecule has 1 atom stereocenters. The molecule has 0 saturated carbocycles. The number of hydrogen-bond acceptors (Lipinski definition) is 5. The Kier molecular flexibility index (Phi) is 6.94. The second-order valence-corrected chi connectivity index (χ2v) is 7.02. The summed E-state index contributed by atoms with van der Waals surface area (Å²) in [6.07, 6.45) is 4.58. The Labute approximate surface area is 180 Å². The van der Waals surface area contributed by atoms with Gasteiger partial charge in [0.05, 0.1) is 6.61 Å². The van der Waals surface area contributed by atoms with E-state index in [1.807, 2.05) is 42.1 Å². The molecule has 162 valence electrons. The zero-order valence-electron chi connectivity index (χ0n) is 17.7. The second-order valence-electron chi connectivity index (χ2n) is 7.02. The Bertz CT molecular complexity index is 1130. The lowest BCUT2D eigenvalue weighted by Gasteiger charge is -2.14. The van der Waals surface area contributed by atoms with Crippen molar-refractivity contribution in [1.82, 2.24) is 9.88 Å². The van der Waals surface area contributed by atoms with Crippen LogP contribution in [0, 0.1) is 0 Å². The second kappa shape index (κ2) is 9.82. The molecule has 2 aromatic carbocycles. The molecule has 1 amide bonds. The van der Waals surface area contributed by atoms with Crippen molar-refractivity contribution in [3.8, 4) is 17.2 Å². The van der Waals surface area contributed by atoms with Gasteiger partial charge in [0.2, 0.25) is 0 Å². The lowest BCUT2D eigenvalue weighted by molar-refractivity contribution is 0.100. The van der Waals surface area contributed by atoms with E-state index >= 15 is 0 Å². The molecular formula is C23H26N4O4. The Morgan fingerprint density at radius 2 is 2.00 bits per heavy atom. The first-order valence-corrected chi connectivity index (χ1v) is 9.77. The fourth-order valence-corrected chi connectivity index (χ4v) is 2.94. The van der Waals surface area contributed by atoms with Crippen LogP contribution in [0.4, 0.5) is 0 Å². The van der Waals surface area contributed by atoms with E-state index in [4.69, 9.17) is 15.2 Å². The number of hydrogen-bond donors (Lipinski definition) is 3. The van der Waals surface area contributed by atoms with E-state index < -0.39 is 12.0 Å². The van der Waals surface area contributed by atoms with Gasteiger partial charge >= 0.3 is 0 Å². The van der Waals surface area contributed by atoms with Crippen LogP contribution in [-0.2, 0) is 7.05 Å². The average molecular weight is 422 g/mol. The van der Waals surface area contributed by atoms with Gasteiger partial charge < -0.3 is 30.2 Å². The molecule has 0 bridgehead atoms. The van der Waals surface area contributed by atoms with Crippen molar-refractivity contribution in [2.24, 2.45) is 17.8 Å². The predicted molar refractivity (Wildman–Crippen MR) is 121 cm³/mol. The summed E-state index contributed by atoms with van der Waals surface area (Å²) in [7, 11) is 3.69. The minimum atomic E-state index is -0.538. The number of nitrogens with two attached hydrogens (primary N) is 1. The molecule has 31 heavy (non-hydrogen) atoms. The number of aliphatic imine (C=N–C) groups is 1. The number of benzene rings is 2. The highest BCUT2D eigenvalue weighted by Gasteiger charge is 2.13. The van der Waals surface area contributed by atoms with Gasteiger partial charge in [0, 0.05) is 42.8 Å². The van der Waals surface area contributed by atoms with Gasteiger partial charge in [-0.05, 0) is 55.6 Å². The Morgan fingerprint density at radius 3 is 2.74 bits per heavy atom.